The smallest absolute Gasteiger partial charge is 0.00146 e. The Bertz CT molecular complexity index is 499. The van der Waals surface area contributed by atoms with Gasteiger partial charge in [0.25, 0.3) is 0 Å². The number of rotatable bonds is 2. The number of hydrogen-bond acceptors (Lipinski definition) is 2. The van der Waals surface area contributed by atoms with Gasteiger partial charge >= 0.3 is 0 Å². The molecule has 15 heavy (non-hydrogen) atoms. The predicted octanol–water partition coefficient (Wildman–Crippen LogP) is 4.68. The minimum absolute atomic E-state index is 1.07. The molecule has 0 nitrogen and oxygen atoms in total. The van der Waals surface area contributed by atoms with Crippen LogP contribution in [-0.2, 0) is 0 Å². The maximum atomic E-state index is 2.25. The highest BCUT2D eigenvalue weighted by molar-refractivity contribution is 7.08. The van der Waals surface area contributed by atoms with E-state index in [1.54, 1.807) is 22.7 Å². The summed E-state index contributed by atoms with van der Waals surface area (Å²) in [6, 6.07) is 4.40. The van der Waals surface area contributed by atoms with Gasteiger partial charge in [0, 0.05) is 0 Å². The van der Waals surface area contributed by atoms with Crippen molar-refractivity contribution in [1.82, 2.24) is 0 Å². The van der Waals surface area contributed by atoms with Crippen LogP contribution >= 0.6 is 22.7 Å². The van der Waals surface area contributed by atoms with Crippen molar-refractivity contribution >= 4 is 33.8 Å². The molecule has 0 amide bonds. The average Bonchev–Trinajstić information content (AvgIpc) is 3.01. The number of thiophene rings is 2. The second kappa shape index (κ2) is 3.80. The molecule has 0 saturated heterocycles. The molecule has 2 aromatic rings. The van der Waals surface area contributed by atoms with Crippen molar-refractivity contribution in [3.63, 3.8) is 0 Å². The van der Waals surface area contributed by atoms with Crippen molar-refractivity contribution in [3.8, 4) is 0 Å². The standard InChI is InChI=1S/C13H10S2/c1-2-12(10-4-6-14-8-10)13(3-1)11-5-7-15-9-11/h1-2,4-9H,3H2. The van der Waals surface area contributed by atoms with Gasteiger partial charge in [-0.25, -0.2) is 0 Å². The fourth-order valence-corrected chi connectivity index (χ4v) is 3.23. The van der Waals surface area contributed by atoms with Gasteiger partial charge in [-0.3, -0.25) is 0 Å². The molecule has 1 aliphatic rings. The highest BCUT2D eigenvalue weighted by Gasteiger charge is 2.13. The Morgan fingerprint density at radius 3 is 2.33 bits per heavy atom. The van der Waals surface area contributed by atoms with Crippen LogP contribution in [0.3, 0.4) is 0 Å². The van der Waals surface area contributed by atoms with Gasteiger partial charge in [-0.2, -0.15) is 22.7 Å². The molecule has 74 valence electrons. The van der Waals surface area contributed by atoms with Gasteiger partial charge in [-0.1, -0.05) is 12.2 Å². The fourth-order valence-electron chi connectivity index (χ4n) is 1.90. The minimum Gasteiger partial charge on any atom is -0.152 e. The van der Waals surface area contributed by atoms with E-state index in [-0.39, 0.29) is 0 Å². The Labute approximate surface area is 97.2 Å². The van der Waals surface area contributed by atoms with E-state index in [4.69, 9.17) is 0 Å². The molecule has 3 rings (SSSR count). The Morgan fingerprint density at radius 2 is 1.67 bits per heavy atom. The Hall–Kier alpha value is -1.12. The highest BCUT2D eigenvalue weighted by Crippen LogP contribution is 2.36. The van der Waals surface area contributed by atoms with E-state index >= 15 is 0 Å². The molecule has 0 radical (unpaired) electrons. The Morgan fingerprint density at radius 1 is 0.933 bits per heavy atom. The third kappa shape index (κ3) is 1.60. The molecular weight excluding hydrogens is 220 g/mol. The lowest BCUT2D eigenvalue weighted by molar-refractivity contribution is 1.45. The summed E-state index contributed by atoms with van der Waals surface area (Å²) < 4.78 is 0. The van der Waals surface area contributed by atoms with Crippen LogP contribution in [0.4, 0.5) is 0 Å². The maximum absolute atomic E-state index is 2.25. The van der Waals surface area contributed by atoms with Gasteiger partial charge in [0.1, 0.15) is 0 Å². The van der Waals surface area contributed by atoms with Crippen LogP contribution in [0.5, 0.6) is 0 Å². The molecule has 0 aromatic carbocycles. The van der Waals surface area contributed by atoms with Gasteiger partial charge < -0.3 is 0 Å². The van der Waals surface area contributed by atoms with Crippen LogP contribution in [0.2, 0.25) is 0 Å². The minimum atomic E-state index is 1.07. The first kappa shape index (κ1) is 9.13. The summed E-state index contributed by atoms with van der Waals surface area (Å²) in [6.07, 6.45) is 5.57. The van der Waals surface area contributed by atoms with E-state index in [0.717, 1.165) is 6.42 Å². The van der Waals surface area contributed by atoms with E-state index in [9.17, 15) is 0 Å². The molecule has 0 saturated carbocycles. The molecule has 1 aliphatic carbocycles. The lowest BCUT2D eigenvalue weighted by Crippen LogP contribution is -1.81. The molecule has 0 atom stereocenters. The SMILES string of the molecule is C1=CC(c2ccsc2)=C(c2ccsc2)C1. The van der Waals surface area contributed by atoms with Gasteiger partial charge in [0.2, 0.25) is 0 Å². The third-order valence-electron chi connectivity index (χ3n) is 2.63. The lowest BCUT2D eigenvalue weighted by atomic mass is 10.0. The number of allylic oxidation sites excluding steroid dienone is 4. The lowest BCUT2D eigenvalue weighted by Gasteiger charge is -2.03. The van der Waals surface area contributed by atoms with Gasteiger partial charge in [-0.05, 0) is 62.3 Å². The zero-order valence-electron chi connectivity index (χ0n) is 8.14. The van der Waals surface area contributed by atoms with Crippen molar-refractivity contribution in [2.75, 3.05) is 0 Å². The van der Waals surface area contributed by atoms with E-state index in [2.05, 4.69) is 45.8 Å². The third-order valence-corrected chi connectivity index (χ3v) is 4.00. The molecular formula is C13H10S2. The van der Waals surface area contributed by atoms with Crippen LogP contribution < -0.4 is 0 Å². The number of hydrogen-bond donors (Lipinski definition) is 0. The van der Waals surface area contributed by atoms with Crippen molar-refractivity contribution in [3.05, 3.63) is 56.9 Å². The predicted molar refractivity (Wildman–Crippen MR) is 69.2 cm³/mol. The van der Waals surface area contributed by atoms with Crippen LogP contribution in [0.15, 0.2) is 45.8 Å². The molecule has 0 spiro atoms. The fraction of sp³-hybridized carbons (Fsp3) is 0.0769. The molecule has 0 N–H and O–H groups in total. The first-order valence-corrected chi connectivity index (χ1v) is 6.78. The maximum Gasteiger partial charge on any atom is -0.00146 e. The first-order chi connectivity index (χ1) is 7.45. The van der Waals surface area contributed by atoms with E-state index in [1.165, 1.54) is 22.3 Å². The molecule has 2 aromatic heterocycles. The van der Waals surface area contributed by atoms with E-state index in [0.29, 0.717) is 0 Å². The summed E-state index contributed by atoms with van der Waals surface area (Å²) in [5, 5.41) is 8.73. The molecule has 0 bridgehead atoms. The van der Waals surface area contributed by atoms with Crippen LogP contribution in [0.25, 0.3) is 11.1 Å². The average molecular weight is 230 g/mol. The molecule has 0 aliphatic heterocycles. The van der Waals surface area contributed by atoms with Crippen molar-refractivity contribution in [2.45, 2.75) is 6.42 Å². The molecule has 2 heterocycles. The van der Waals surface area contributed by atoms with Crippen LogP contribution in [-0.4, -0.2) is 0 Å². The molecule has 0 fully saturated rings. The van der Waals surface area contributed by atoms with Gasteiger partial charge in [0.15, 0.2) is 0 Å². The second-order valence-corrected chi connectivity index (χ2v) is 5.08. The van der Waals surface area contributed by atoms with Crippen LogP contribution in [0.1, 0.15) is 17.5 Å². The summed E-state index contributed by atoms with van der Waals surface area (Å²) >= 11 is 3.53. The van der Waals surface area contributed by atoms with Crippen LogP contribution in [0, 0.1) is 0 Å². The zero-order valence-corrected chi connectivity index (χ0v) is 9.78. The summed E-state index contributed by atoms with van der Waals surface area (Å²) in [5.74, 6) is 0. The largest absolute Gasteiger partial charge is 0.152 e. The first-order valence-electron chi connectivity index (χ1n) is 4.90. The van der Waals surface area contributed by atoms with Crippen molar-refractivity contribution in [1.29, 1.82) is 0 Å². The monoisotopic (exact) mass is 230 g/mol. The van der Waals surface area contributed by atoms with Gasteiger partial charge in [0.05, 0.1) is 0 Å². The van der Waals surface area contributed by atoms with Crippen molar-refractivity contribution < 1.29 is 0 Å². The summed E-state index contributed by atoms with van der Waals surface area (Å²) in [6.45, 7) is 0. The van der Waals surface area contributed by atoms with E-state index < -0.39 is 0 Å². The summed E-state index contributed by atoms with van der Waals surface area (Å²) in [7, 11) is 0. The summed E-state index contributed by atoms with van der Waals surface area (Å²) in [5.41, 5.74) is 5.60. The topological polar surface area (TPSA) is 0 Å². The molecule has 0 unspecified atom stereocenters. The Balaban J connectivity index is 2.11. The van der Waals surface area contributed by atoms with Crippen molar-refractivity contribution in [2.24, 2.45) is 0 Å². The molecule has 2 heteroatoms. The highest BCUT2D eigenvalue weighted by atomic mass is 32.1. The summed E-state index contributed by atoms with van der Waals surface area (Å²) in [4.78, 5) is 0. The van der Waals surface area contributed by atoms with Gasteiger partial charge in [-0.15, -0.1) is 0 Å². The van der Waals surface area contributed by atoms with E-state index in [1.807, 2.05) is 0 Å². The quantitative estimate of drug-likeness (QED) is 0.702. The normalized spacial score (nSPS) is 15.2. The second-order valence-electron chi connectivity index (χ2n) is 3.52. The zero-order chi connectivity index (χ0) is 10.1. The Kier molecular flexibility index (Phi) is 2.31.